The zero-order valence-electron chi connectivity index (χ0n) is 8.61. The molecule has 2 atom stereocenters. The van der Waals surface area contributed by atoms with Gasteiger partial charge in [0.15, 0.2) is 11.6 Å². The van der Waals surface area contributed by atoms with Crippen LogP contribution in [0.4, 0.5) is 0 Å². The van der Waals surface area contributed by atoms with Crippen LogP contribution < -0.4 is 0 Å². The van der Waals surface area contributed by atoms with Crippen LogP contribution in [0.1, 0.15) is 19.8 Å². The van der Waals surface area contributed by atoms with Crippen molar-refractivity contribution in [3.8, 4) is 0 Å². The van der Waals surface area contributed by atoms with Gasteiger partial charge in [-0.15, -0.1) is 0 Å². The summed E-state index contributed by atoms with van der Waals surface area (Å²) < 4.78 is 4.44. The standard InChI is InChI=1S/C10H12O5/c1-5(11)8-7(12)4-3-6(9(8)13)10(14)15-2/h6,8H,3-4H2,1-2H3/t6-,8-/m1/s1. The molecule has 1 fully saturated rings. The highest BCUT2D eigenvalue weighted by molar-refractivity contribution is 6.23. The van der Waals surface area contributed by atoms with Gasteiger partial charge in [0.1, 0.15) is 17.6 Å². The van der Waals surface area contributed by atoms with E-state index >= 15 is 0 Å². The molecule has 0 spiro atoms. The lowest BCUT2D eigenvalue weighted by molar-refractivity contribution is -0.154. The summed E-state index contributed by atoms with van der Waals surface area (Å²) in [6, 6.07) is 0. The molecule has 15 heavy (non-hydrogen) atoms. The summed E-state index contributed by atoms with van der Waals surface area (Å²) in [7, 11) is 1.18. The largest absolute Gasteiger partial charge is 0.468 e. The van der Waals surface area contributed by atoms with Gasteiger partial charge in [-0.05, 0) is 13.3 Å². The molecular weight excluding hydrogens is 200 g/mol. The molecule has 82 valence electrons. The molecule has 1 rings (SSSR count). The van der Waals surface area contributed by atoms with E-state index in [4.69, 9.17) is 0 Å². The Morgan fingerprint density at radius 3 is 2.40 bits per heavy atom. The first-order valence-corrected chi connectivity index (χ1v) is 4.63. The Bertz CT molecular complexity index is 331. The number of carbonyl (C=O) groups is 4. The summed E-state index contributed by atoms with van der Waals surface area (Å²) in [5, 5.41) is 0. The lowest BCUT2D eigenvalue weighted by Crippen LogP contribution is -2.42. The monoisotopic (exact) mass is 212 g/mol. The van der Waals surface area contributed by atoms with Gasteiger partial charge < -0.3 is 4.74 Å². The summed E-state index contributed by atoms with van der Waals surface area (Å²) in [5.74, 6) is -4.40. The second-order valence-corrected chi connectivity index (χ2v) is 3.53. The molecule has 0 bridgehead atoms. The second-order valence-electron chi connectivity index (χ2n) is 3.53. The number of rotatable bonds is 2. The molecule has 0 radical (unpaired) electrons. The SMILES string of the molecule is COC(=O)[C@@H]1CCC(=O)[C@@H](C(C)=O)C1=O. The Morgan fingerprint density at radius 2 is 1.93 bits per heavy atom. The fourth-order valence-electron chi connectivity index (χ4n) is 1.74. The van der Waals surface area contributed by atoms with Crippen LogP contribution in [0.15, 0.2) is 0 Å². The van der Waals surface area contributed by atoms with E-state index in [9.17, 15) is 19.2 Å². The van der Waals surface area contributed by atoms with Gasteiger partial charge in [0.2, 0.25) is 0 Å². The fourth-order valence-corrected chi connectivity index (χ4v) is 1.74. The first-order chi connectivity index (χ1) is 6.99. The molecule has 0 N–H and O–H groups in total. The van der Waals surface area contributed by atoms with Gasteiger partial charge in [-0.3, -0.25) is 19.2 Å². The molecule has 0 saturated heterocycles. The Balaban J connectivity index is 2.91. The molecule has 0 heterocycles. The van der Waals surface area contributed by atoms with E-state index in [1.807, 2.05) is 0 Å². The van der Waals surface area contributed by atoms with E-state index in [-0.39, 0.29) is 12.8 Å². The van der Waals surface area contributed by atoms with E-state index in [2.05, 4.69) is 4.74 Å². The predicted molar refractivity (Wildman–Crippen MR) is 48.9 cm³/mol. The maximum absolute atomic E-state index is 11.6. The van der Waals surface area contributed by atoms with Gasteiger partial charge in [-0.25, -0.2) is 0 Å². The lowest BCUT2D eigenvalue weighted by Gasteiger charge is -2.23. The maximum atomic E-state index is 11.6. The topological polar surface area (TPSA) is 77.5 Å². The van der Waals surface area contributed by atoms with E-state index in [0.717, 1.165) is 0 Å². The fraction of sp³-hybridized carbons (Fsp3) is 0.600. The third-order valence-electron chi connectivity index (χ3n) is 2.52. The summed E-state index contributed by atoms with van der Waals surface area (Å²) in [5.41, 5.74) is 0. The minimum atomic E-state index is -1.26. The number of hydrogen-bond donors (Lipinski definition) is 0. The third kappa shape index (κ3) is 2.11. The molecule has 0 aliphatic heterocycles. The Morgan fingerprint density at radius 1 is 1.33 bits per heavy atom. The van der Waals surface area contributed by atoms with Crippen molar-refractivity contribution in [2.24, 2.45) is 11.8 Å². The average Bonchev–Trinajstić information content (AvgIpc) is 2.16. The summed E-state index contributed by atoms with van der Waals surface area (Å²) >= 11 is 0. The van der Waals surface area contributed by atoms with Gasteiger partial charge in [0.05, 0.1) is 7.11 Å². The van der Waals surface area contributed by atoms with E-state index in [0.29, 0.717) is 0 Å². The van der Waals surface area contributed by atoms with E-state index in [1.165, 1.54) is 14.0 Å². The molecule has 0 aromatic heterocycles. The maximum Gasteiger partial charge on any atom is 0.316 e. The lowest BCUT2D eigenvalue weighted by atomic mass is 9.77. The smallest absolute Gasteiger partial charge is 0.316 e. The summed E-state index contributed by atoms with van der Waals surface area (Å²) in [6.45, 7) is 1.18. The highest BCUT2D eigenvalue weighted by atomic mass is 16.5. The average molecular weight is 212 g/mol. The Labute approximate surface area is 86.8 Å². The van der Waals surface area contributed by atoms with Gasteiger partial charge in [-0.1, -0.05) is 0 Å². The number of esters is 1. The zero-order valence-corrected chi connectivity index (χ0v) is 8.61. The normalized spacial score (nSPS) is 26.3. The minimum absolute atomic E-state index is 0.0791. The van der Waals surface area contributed by atoms with Crippen molar-refractivity contribution < 1.29 is 23.9 Å². The molecule has 0 aromatic carbocycles. The van der Waals surface area contributed by atoms with E-state index < -0.39 is 35.2 Å². The third-order valence-corrected chi connectivity index (χ3v) is 2.52. The predicted octanol–water partition coefficient (Wildman–Crippen LogP) is -0.0872. The van der Waals surface area contributed by atoms with Crippen molar-refractivity contribution in [1.29, 1.82) is 0 Å². The van der Waals surface area contributed by atoms with Gasteiger partial charge in [0.25, 0.3) is 0 Å². The first-order valence-electron chi connectivity index (χ1n) is 4.63. The second kappa shape index (κ2) is 4.33. The van der Waals surface area contributed by atoms with Crippen LogP contribution in [0.3, 0.4) is 0 Å². The van der Waals surface area contributed by atoms with Gasteiger partial charge in [-0.2, -0.15) is 0 Å². The number of Topliss-reactive ketones (excluding diaryl/α,β-unsaturated/α-hetero) is 3. The molecule has 0 amide bonds. The van der Waals surface area contributed by atoms with Crippen LogP contribution in [0.2, 0.25) is 0 Å². The quantitative estimate of drug-likeness (QED) is 0.472. The summed E-state index contributed by atoms with van der Waals surface area (Å²) in [4.78, 5) is 45.2. The highest BCUT2D eigenvalue weighted by Gasteiger charge is 2.43. The van der Waals surface area contributed by atoms with Crippen molar-refractivity contribution in [2.75, 3.05) is 7.11 Å². The highest BCUT2D eigenvalue weighted by Crippen LogP contribution is 2.24. The van der Waals surface area contributed by atoms with Crippen LogP contribution >= 0.6 is 0 Å². The molecule has 5 nitrogen and oxygen atoms in total. The number of ketones is 3. The molecule has 0 aromatic rings. The Hall–Kier alpha value is -1.52. The van der Waals surface area contributed by atoms with Crippen molar-refractivity contribution in [1.82, 2.24) is 0 Å². The van der Waals surface area contributed by atoms with Crippen molar-refractivity contribution in [3.05, 3.63) is 0 Å². The van der Waals surface area contributed by atoms with Crippen molar-refractivity contribution >= 4 is 23.3 Å². The molecule has 1 saturated carbocycles. The van der Waals surface area contributed by atoms with Crippen LogP contribution in [0.25, 0.3) is 0 Å². The van der Waals surface area contributed by atoms with Crippen LogP contribution in [-0.4, -0.2) is 30.4 Å². The molecule has 1 aliphatic carbocycles. The first kappa shape index (κ1) is 11.6. The van der Waals surface area contributed by atoms with Gasteiger partial charge >= 0.3 is 5.97 Å². The number of methoxy groups -OCH3 is 1. The number of hydrogen-bond acceptors (Lipinski definition) is 5. The summed E-state index contributed by atoms with van der Waals surface area (Å²) in [6.07, 6.45) is 0.226. The minimum Gasteiger partial charge on any atom is -0.468 e. The van der Waals surface area contributed by atoms with Crippen LogP contribution in [0.5, 0.6) is 0 Å². The van der Waals surface area contributed by atoms with Crippen molar-refractivity contribution in [2.45, 2.75) is 19.8 Å². The molecule has 1 aliphatic rings. The Kier molecular flexibility index (Phi) is 3.34. The van der Waals surface area contributed by atoms with Crippen LogP contribution in [-0.2, 0) is 23.9 Å². The van der Waals surface area contributed by atoms with Crippen LogP contribution in [0, 0.1) is 11.8 Å². The van der Waals surface area contributed by atoms with E-state index in [1.54, 1.807) is 0 Å². The molecule has 0 unspecified atom stereocenters. The van der Waals surface area contributed by atoms with Crippen molar-refractivity contribution in [3.63, 3.8) is 0 Å². The molecular formula is C10H12O5. The number of ether oxygens (including phenoxy) is 1. The number of carbonyl (C=O) groups excluding carboxylic acids is 4. The van der Waals surface area contributed by atoms with Gasteiger partial charge in [0, 0.05) is 6.42 Å². The zero-order chi connectivity index (χ0) is 11.6. The molecule has 5 heteroatoms.